The number of ether oxygens (including phenoxy) is 1. The Hall–Kier alpha value is -2.11. The Bertz CT molecular complexity index is 625. The molecule has 0 spiro atoms. The summed E-state index contributed by atoms with van der Waals surface area (Å²) in [7, 11) is 0. The molecular weight excluding hydrogens is 271 g/mol. The quantitative estimate of drug-likeness (QED) is 0.808. The van der Waals surface area contributed by atoms with E-state index < -0.39 is 18.7 Å². The molecule has 0 fully saturated rings. The van der Waals surface area contributed by atoms with Crippen LogP contribution in [0.15, 0.2) is 30.5 Å². The van der Waals surface area contributed by atoms with Gasteiger partial charge in [-0.15, -0.1) is 0 Å². The maximum absolute atomic E-state index is 13.0. The highest BCUT2D eigenvalue weighted by molar-refractivity contribution is 5.82. The predicted molar refractivity (Wildman–Crippen MR) is 67.3 cm³/mol. The number of hydrogen-bond donors (Lipinski definition) is 0. The third-order valence-corrected chi connectivity index (χ3v) is 3.06. The summed E-state index contributed by atoms with van der Waals surface area (Å²) in [6, 6.07) is 6.73. The molecule has 0 bridgehead atoms. The Morgan fingerprint density at radius 2 is 2.15 bits per heavy atom. The second-order valence-corrected chi connectivity index (χ2v) is 4.44. The molecule has 0 aliphatic carbocycles. The van der Waals surface area contributed by atoms with Crippen LogP contribution in [0.3, 0.4) is 0 Å². The van der Waals surface area contributed by atoms with Gasteiger partial charge in [0, 0.05) is 11.6 Å². The van der Waals surface area contributed by atoms with E-state index in [2.05, 4.69) is 9.72 Å². The first-order valence-corrected chi connectivity index (χ1v) is 5.90. The fourth-order valence-electron chi connectivity index (χ4n) is 2.04. The van der Waals surface area contributed by atoms with Gasteiger partial charge in [0.1, 0.15) is 12.5 Å². The van der Waals surface area contributed by atoms with Crippen molar-refractivity contribution in [2.75, 3.05) is 6.61 Å². The third kappa shape index (κ3) is 2.89. The van der Waals surface area contributed by atoms with Crippen LogP contribution in [0, 0.1) is 6.92 Å². The first-order valence-electron chi connectivity index (χ1n) is 5.90. The monoisotopic (exact) mass is 283 g/mol. The molecule has 0 radical (unpaired) electrons. The number of rotatable bonds is 4. The molecule has 0 N–H and O–H groups in total. The van der Waals surface area contributed by atoms with Crippen LogP contribution in [0.5, 0.6) is 0 Å². The van der Waals surface area contributed by atoms with Crippen molar-refractivity contribution in [1.29, 1.82) is 0 Å². The minimum atomic E-state index is -4.50. The van der Waals surface area contributed by atoms with Crippen LogP contribution in [-0.2, 0) is 9.53 Å². The molecule has 1 heterocycles. The summed E-state index contributed by atoms with van der Waals surface area (Å²) < 4.78 is 43.2. The summed E-state index contributed by atoms with van der Waals surface area (Å²) in [6.07, 6.45) is -3.32. The van der Waals surface area contributed by atoms with Crippen molar-refractivity contribution in [1.82, 2.24) is 4.98 Å². The fourth-order valence-corrected chi connectivity index (χ4v) is 2.04. The van der Waals surface area contributed by atoms with Gasteiger partial charge in [0.25, 0.3) is 6.47 Å². The number of carbonyl (C=O) groups is 1. The molecule has 1 unspecified atom stereocenters. The summed E-state index contributed by atoms with van der Waals surface area (Å²) in [5.74, 6) is -1.87. The number of benzene rings is 1. The van der Waals surface area contributed by atoms with Crippen LogP contribution in [0.1, 0.15) is 17.0 Å². The molecule has 6 heteroatoms. The van der Waals surface area contributed by atoms with Gasteiger partial charge in [-0.05, 0) is 24.1 Å². The minimum Gasteiger partial charge on any atom is -0.467 e. The molecule has 106 valence electrons. The van der Waals surface area contributed by atoms with Gasteiger partial charge in [0.2, 0.25) is 0 Å². The van der Waals surface area contributed by atoms with Gasteiger partial charge in [-0.1, -0.05) is 18.2 Å². The smallest absolute Gasteiger partial charge is 0.399 e. The molecule has 0 saturated heterocycles. The largest absolute Gasteiger partial charge is 0.467 e. The Morgan fingerprint density at radius 1 is 1.40 bits per heavy atom. The highest BCUT2D eigenvalue weighted by Gasteiger charge is 2.41. The number of pyridine rings is 1. The van der Waals surface area contributed by atoms with Crippen LogP contribution in [0.2, 0.25) is 0 Å². The van der Waals surface area contributed by atoms with E-state index in [1.165, 1.54) is 12.3 Å². The number of hydrogen-bond acceptors (Lipinski definition) is 3. The van der Waals surface area contributed by atoms with Crippen molar-refractivity contribution in [2.45, 2.75) is 19.0 Å². The standard InChI is InChI=1S/C14H12F3NO2/c1-9-3-2-4-10-5-11(6-18-13(9)10)12(7-20-8-19)14(15,16)17/h2-6,8,12H,7H2,1H3. The predicted octanol–water partition coefficient (Wildman–Crippen LogP) is 3.36. The second-order valence-electron chi connectivity index (χ2n) is 4.44. The Balaban J connectivity index is 2.45. The molecular formula is C14H12F3NO2. The molecule has 0 aliphatic heterocycles. The lowest BCUT2D eigenvalue weighted by Gasteiger charge is -2.19. The van der Waals surface area contributed by atoms with Crippen molar-refractivity contribution < 1.29 is 22.7 Å². The summed E-state index contributed by atoms with van der Waals surface area (Å²) in [5, 5.41) is 0.628. The van der Waals surface area contributed by atoms with E-state index in [-0.39, 0.29) is 12.0 Å². The number of aromatic nitrogens is 1. The van der Waals surface area contributed by atoms with Gasteiger partial charge < -0.3 is 4.74 Å². The van der Waals surface area contributed by atoms with Crippen LogP contribution in [0.25, 0.3) is 10.9 Å². The Kier molecular flexibility index (Phi) is 3.92. The first kappa shape index (κ1) is 14.3. The normalized spacial score (nSPS) is 13.2. The molecule has 0 aliphatic rings. The van der Waals surface area contributed by atoms with Gasteiger partial charge in [0.15, 0.2) is 0 Å². The molecule has 20 heavy (non-hydrogen) atoms. The zero-order chi connectivity index (χ0) is 14.8. The molecule has 3 nitrogen and oxygen atoms in total. The highest BCUT2D eigenvalue weighted by atomic mass is 19.4. The molecule has 1 atom stereocenters. The van der Waals surface area contributed by atoms with E-state index in [1.807, 2.05) is 13.0 Å². The maximum atomic E-state index is 13.0. The molecule has 2 rings (SSSR count). The van der Waals surface area contributed by atoms with Gasteiger partial charge >= 0.3 is 6.18 Å². The summed E-state index contributed by atoms with van der Waals surface area (Å²) in [5.41, 5.74) is 1.53. The Morgan fingerprint density at radius 3 is 2.80 bits per heavy atom. The average molecular weight is 283 g/mol. The molecule has 2 aromatic rings. The van der Waals surface area contributed by atoms with E-state index in [1.54, 1.807) is 12.1 Å². The summed E-state index contributed by atoms with van der Waals surface area (Å²) >= 11 is 0. The van der Waals surface area contributed by atoms with Crippen LogP contribution in [0.4, 0.5) is 13.2 Å². The lowest BCUT2D eigenvalue weighted by molar-refractivity contribution is -0.164. The van der Waals surface area contributed by atoms with Crippen LogP contribution < -0.4 is 0 Å². The van der Waals surface area contributed by atoms with E-state index in [0.717, 1.165) is 5.56 Å². The van der Waals surface area contributed by atoms with E-state index in [4.69, 9.17) is 0 Å². The number of halogens is 3. The topological polar surface area (TPSA) is 39.2 Å². The fraction of sp³-hybridized carbons (Fsp3) is 0.286. The van der Waals surface area contributed by atoms with Gasteiger partial charge in [-0.2, -0.15) is 13.2 Å². The summed E-state index contributed by atoms with van der Waals surface area (Å²) in [4.78, 5) is 14.2. The first-order chi connectivity index (χ1) is 9.43. The SMILES string of the molecule is Cc1cccc2cc(C(COC=O)C(F)(F)F)cnc12. The number of fused-ring (bicyclic) bond motifs is 1. The van der Waals surface area contributed by atoms with Crippen molar-refractivity contribution in [3.8, 4) is 0 Å². The number of nitrogens with zero attached hydrogens (tertiary/aromatic N) is 1. The number of carbonyl (C=O) groups excluding carboxylic acids is 1. The number of aryl methyl sites for hydroxylation is 1. The number of alkyl halides is 3. The van der Waals surface area contributed by atoms with Crippen molar-refractivity contribution in [3.63, 3.8) is 0 Å². The van der Waals surface area contributed by atoms with E-state index >= 15 is 0 Å². The molecule has 0 saturated carbocycles. The van der Waals surface area contributed by atoms with E-state index in [9.17, 15) is 18.0 Å². The van der Waals surface area contributed by atoms with Gasteiger partial charge in [0.05, 0.1) is 5.52 Å². The average Bonchev–Trinajstić information content (AvgIpc) is 2.38. The second kappa shape index (κ2) is 5.48. The lowest BCUT2D eigenvalue weighted by atomic mass is 9.99. The van der Waals surface area contributed by atoms with Crippen molar-refractivity contribution >= 4 is 17.4 Å². The van der Waals surface area contributed by atoms with Crippen LogP contribution >= 0.6 is 0 Å². The van der Waals surface area contributed by atoms with Crippen LogP contribution in [-0.4, -0.2) is 24.2 Å². The summed E-state index contributed by atoms with van der Waals surface area (Å²) in [6.45, 7) is 1.11. The molecule has 0 amide bonds. The zero-order valence-corrected chi connectivity index (χ0v) is 10.6. The van der Waals surface area contributed by atoms with Crippen molar-refractivity contribution in [3.05, 3.63) is 41.6 Å². The minimum absolute atomic E-state index is 0.0113. The van der Waals surface area contributed by atoms with Gasteiger partial charge in [-0.25, -0.2) is 0 Å². The number of para-hydroxylation sites is 1. The highest BCUT2D eigenvalue weighted by Crippen LogP contribution is 2.35. The Labute approximate surface area is 113 Å². The third-order valence-electron chi connectivity index (χ3n) is 3.06. The van der Waals surface area contributed by atoms with Crippen molar-refractivity contribution in [2.24, 2.45) is 0 Å². The van der Waals surface area contributed by atoms with Gasteiger partial charge in [-0.3, -0.25) is 9.78 Å². The molecule has 1 aromatic heterocycles. The maximum Gasteiger partial charge on any atom is 0.399 e. The van der Waals surface area contributed by atoms with E-state index in [0.29, 0.717) is 10.9 Å². The lowest BCUT2D eigenvalue weighted by Crippen LogP contribution is -2.25. The zero-order valence-electron chi connectivity index (χ0n) is 10.6. The molecule has 1 aromatic carbocycles.